The molecule has 1 aliphatic heterocycles. The van der Waals surface area contributed by atoms with E-state index in [9.17, 15) is 9.59 Å². The molecule has 3 rings (SSSR count). The largest absolute Gasteiger partial charge is 0.457 e. The number of benzene rings is 1. The summed E-state index contributed by atoms with van der Waals surface area (Å²) >= 11 is 13.0. The maximum atomic E-state index is 12.1. The number of rotatable bonds is 3. The number of nitrogens with zero attached hydrogens (tertiary/aromatic N) is 1. The SMILES string of the molecule is C#CCN1C(=O)S/C(=C\c2ccc(-c3cccc(Cl)c3Cl)o2)C1=O. The van der Waals surface area contributed by atoms with Crippen molar-refractivity contribution in [2.24, 2.45) is 0 Å². The summed E-state index contributed by atoms with van der Waals surface area (Å²) in [6.07, 6.45) is 6.66. The molecule has 1 saturated heterocycles. The van der Waals surface area contributed by atoms with Crippen molar-refractivity contribution in [1.82, 2.24) is 4.90 Å². The van der Waals surface area contributed by atoms with Crippen LogP contribution < -0.4 is 0 Å². The van der Waals surface area contributed by atoms with Crippen molar-refractivity contribution >= 4 is 52.2 Å². The minimum Gasteiger partial charge on any atom is -0.457 e. The molecule has 0 bridgehead atoms. The van der Waals surface area contributed by atoms with Crippen molar-refractivity contribution < 1.29 is 14.0 Å². The zero-order chi connectivity index (χ0) is 17.3. The van der Waals surface area contributed by atoms with Gasteiger partial charge in [0.25, 0.3) is 11.1 Å². The van der Waals surface area contributed by atoms with Gasteiger partial charge in [-0.25, -0.2) is 0 Å². The summed E-state index contributed by atoms with van der Waals surface area (Å²) < 4.78 is 5.69. The molecule has 0 aliphatic carbocycles. The first kappa shape index (κ1) is 16.7. The number of halogens is 2. The van der Waals surface area contributed by atoms with Crippen molar-refractivity contribution in [1.29, 1.82) is 0 Å². The van der Waals surface area contributed by atoms with Gasteiger partial charge in [0.15, 0.2) is 0 Å². The predicted molar refractivity (Wildman–Crippen MR) is 95.7 cm³/mol. The summed E-state index contributed by atoms with van der Waals surface area (Å²) in [6.45, 7) is -0.0520. The number of hydrogen-bond acceptors (Lipinski definition) is 4. The third-order valence-electron chi connectivity index (χ3n) is 3.24. The van der Waals surface area contributed by atoms with Gasteiger partial charge in [0.1, 0.15) is 11.5 Å². The van der Waals surface area contributed by atoms with Gasteiger partial charge in [-0.3, -0.25) is 14.5 Å². The maximum Gasteiger partial charge on any atom is 0.294 e. The van der Waals surface area contributed by atoms with Gasteiger partial charge in [0, 0.05) is 11.6 Å². The van der Waals surface area contributed by atoms with Gasteiger partial charge in [-0.05, 0) is 36.0 Å². The lowest BCUT2D eigenvalue weighted by molar-refractivity contribution is -0.122. The number of furan rings is 1. The highest BCUT2D eigenvalue weighted by molar-refractivity contribution is 8.18. The first-order chi connectivity index (χ1) is 11.5. The van der Waals surface area contributed by atoms with Crippen molar-refractivity contribution in [3.05, 3.63) is 51.0 Å². The molecule has 7 heteroatoms. The smallest absolute Gasteiger partial charge is 0.294 e. The normalized spacial score (nSPS) is 16.0. The van der Waals surface area contributed by atoms with Crippen molar-refractivity contribution in [2.75, 3.05) is 6.54 Å². The number of carbonyl (C=O) groups is 2. The molecule has 0 spiro atoms. The topological polar surface area (TPSA) is 50.5 Å². The number of imide groups is 1. The molecule has 0 unspecified atom stereocenters. The van der Waals surface area contributed by atoms with Crippen LogP contribution >= 0.6 is 35.0 Å². The van der Waals surface area contributed by atoms with Gasteiger partial charge in [0.2, 0.25) is 0 Å². The van der Waals surface area contributed by atoms with Gasteiger partial charge in [0.05, 0.1) is 21.5 Å². The second kappa shape index (κ2) is 6.78. The van der Waals surface area contributed by atoms with Crippen LogP contribution in [0.4, 0.5) is 4.79 Å². The molecule has 1 fully saturated rings. The molecule has 0 atom stereocenters. The molecule has 1 aliphatic rings. The van der Waals surface area contributed by atoms with E-state index in [0.29, 0.717) is 27.1 Å². The fraction of sp³-hybridized carbons (Fsp3) is 0.0588. The van der Waals surface area contributed by atoms with Crippen LogP contribution in [0.3, 0.4) is 0 Å². The van der Waals surface area contributed by atoms with E-state index in [4.69, 9.17) is 34.0 Å². The molecule has 24 heavy (non-hydrogen) atoms. The van der Waals surface area contributed by atoms with Crippen LogP contribution in [0.5, 0.6) is 0 Å². The average Bonchev–Trinajstić information content (AvgIpc) is 3.11. The molecule has 2 amide bonds. The van der Waals surface area contributed by atoms with Crippen LogP contribution in [0.2, 0.25) is 10.0 Å². The summed E-state index contributed by atoms with van der Waals surface area (Å²) in [7, 11) is 0. The Hall–Kier alpha value is -2.13. The number of amides is 2. The first-order valence-corrected chi connectivity index (χ1v) is 8.31. The van der Waals surface area contributed by atoms with Crippen molar-refractivity contribution in [3.63, 3.8) is 0 Å². The van der Waals surface area contributed by atoms with Crippen molar-refractivity contribution in [3.8, 4) is 23.7 Å². The Bertz CT molecular complexity index is 911. The Morgan fingerprint density at radius 2 is 2.04 bits per heavy atom. The molecule has 0 N–H and O–H groups in total. The van der Waals surface area contributed by atoms with E-state index in [0.717, 1.165) is 16.7 Å². The highest BCUT2D eigenvalue weighted by Gasteiger charge is 2.34. The molecule has 1 aromatic carbocycles. The minimum atomic E-state index is -0.429. The first-order valence-electron chi connectivity index (χ1n) is 6.74. The Kier molecular flexibility index (Phi) is 4.72. The quantitative estimate of drug-likeness (QED) is 0.562. The Morgan fingerprint density at radius 1 is 1.25 bits per heavy atom. The number of hydrogen-bond donors (Lipinski definition) is 0. The molecular formula is C17H9Cl2NO3S. The van der Waals surface area contributed by atoms with Crippen LogP contribution in [0.15, 0.2) is 39.7 Å². The lowest BCUT2D eigenvalue weighted by Crippen LogP contribution is -2.28. The summed E-state index contributed by atoms with van der Waals surface area (Å²) in [5, 5.41) is 0.408. The van der Waals surface area contributed by atoms with Crippen LogP contribution in [0.25, 0.3) is 17.4 Å². The average molecular weight is 378 g/mol. The molecule has 4 nitrogen and oxygen atoms in total. The molecule has 0 radical (unpaired) electrons. The van der Waals surface area contributed by atoms with E-state index in [2.05, 4.69) is 5.92 Å². The molecule has 1 aromatic heterocycles. The number of terminal acetylenes is 1. The molecular weight excluding hydrogens is 369 g/mol. The lowest BCUT2D eigenvalue weighted by Gasteiger charge is -2.06. The van der Waals surface area contributed by atoms with Crippen molar-refractivity contribution in [2.45, 2.75) is 0 Å². The second-order valence-electron chi connectivity index (χ2n) is 4.78. The lowest BCUT2D eigenvalue weighted by atomic mass is 10.2. The maximum absolute atomic E-state index is 12.1. The van der Waals surface area contributed by atoms with Gasteiger partial charge in [-0.2, -0.15) is 0 Å². The predicted octanol–water partition coefficient (Wildman–Crippen LogP) is 4.92. The van der Waals surface area contributed by atoms with E-state index in [1.54, 1.807) is 30.3 Å². The third kappa shape index (κ3) is 3.09. The zero-order valence-corrected chi connectivity index (χ0v) is 14.4. The number of thioether (sulfide) groups is 1. The van der Waals surface area contributed by atoms with Crippen LogP contribution in [-0.4, -0.2) is 22.6 Å². The fourth-order valence-electron chi connectivity index (χ4n) is 2.13. The summed E-state index contributed by atoms with van der Waals surface area (Å²) in [4.78, 5) is 25.1. The molecule has 120 valence electrons. The Morgan fingerprint density at radius 3 is 2.79 bits per heavy atom. The van der Waals surface area contributed by atoms with Crippen LogP contribution in [0, 0.1) is 12.3 Å². The molecule has 2 heterocycles. The number of carbonyl (C=O) groups excluding carboxylic acids is 2. The Labute approximate surface area is 152 Å². The highest BCUT2D eigenvalue weighted by Crippen LogP contribution is 2.36. The van der Waals surface area contributed by atoms with Crippen LogP contribution in [0.1, 0.15) is 5.76 Å². The van der Waals surface area contributed by atoms with Gasteiger partial charge in [-0.15, -0.1) is 6.42 Å². The van der Waals surface area contributed by atoms with E-state index in [-0.39, 0.29) is 11.4 Å². The zero-order valence-electron chi connectivity index (χ0n) is 12.1. The van der Waals surface area contributed by atoms with E-state index in [1.165, 1.54) is 6.08 Å². The molecule has 0 saturated carbocycles. The fourth-order valence-corrected chi connectivity index (χ4v) is 3.34. The standard InChI is InChI=1S/C17H9Cl2NO3S/c1-2-8-20-16(21)14(24-17(20)22)9-10-6-7-13(23-10)11-4-3-5-12(18)15(11)19/h1,3-7,9H,8H2/b14-9-. The van der Waals surface area contributed by atoms with Gasteiger partial charge >= 0.3 is 0 Å². The van der Waals surface area contributed by atoms with E-state index in [1.807, 2.05) is 0 Å². The monoisotopic (exact) mass is 377 g/mol. The Balaban J connectivity index is 1.90. The van der Waals surface area contributed by atoms with Crippen LogP contribution in [-0.2, 0) is 4.79 Å². The summed E-state index contributed by atoms with van der Waals surface area (Å²) in [6, 6.07) is 8.62. The highest BCUT2D eigenvalue weighted by atomic mass is 35.5. The molecule has 2 aromatic rings. The minimum absolute atomic E-state index is 0.0520. The summed E-state index contributed by atoms with van der Waals surface area (Å²) in [5.41, 5.74) is 0.643. The second-order valence-corrected chi connectivity index (χ2v) is 6.55. The van der Waals surface area contributed by atoms with E-state index < -0.39 is 11.1 Å². The summed E-state index contributed by atoms with van der Waals surface area (Å²) in [5.74, 6) is 2.79. The van der Waals surface area contributed by atoms with E-state index >= 15 is 0 Å². The van der Waals surface area contributed by atoms with Gasteiger partial charge < -0.3 is 4.42 Å². The third-order valence-corrected chi connectivity index (χ3v) is 4.97. The van der Waals surface area contributed by atoms with Gasteiger partial charge in [-0.1, -0.05) is 35.2 Å².